The van der Waals surface area contributed by atoms with Crippen molar-refractivity contribution in [2.75, 3.05) is 13.3 Å². The SMILES string of the molecule is O=C1CC[C@H]2[C@H]3CN(Cc4cc5c(cc43)OCO5)[C@H]2C1. The van der Waals surface area contributed by atoms with Crippen LogP contribution >= 0.6 is 0 Å². The van der Waals surface area contributed by atoms with Crippen molar-refractivity contribution in [1.82, 2.24) is 4.90 Å². The Kier molecular flexibility index (Phi) is 2.09. The third-order valence-electron chi connectivity index (χ3n) is 5.51. The lowest BCUT2D eigenvalue weighted by molar-refractivity contribution is -0.122. The van der Waals surface area contributed by atoms with Crippen molar-refractivity contribution in [2.45, 2.75) is 37.8 Å². The van der Waals surface area contributed by atoms with Gasteiger partial charge in [-0.1, -0.05) is 0 Å². The van der Waals surface area contributed by atoms with Gasteiger partial charge >= 0.3 is 0 Å². The Morgan fingerprint density at radius 3 is 2.95 bits per heavy atom. The fourth-order valence-corrected chi connectivity index (χ4v) is 4.61. The molecule has 4 aliphatic rings. The van der Waals surface area contributed by atoms with Gasteiger partial charge in [0.1, 0.15) is 5.78 Å². The molecule has 2 bridgehead atoms. The Morgan fingerprint density at radius 1 is 1.20 bits per heavy atom. The van der Waals surface area contributed by atoms with E-state index in [9.17, 15) is 4.79 Å². The van der Waals surface area contributed by atoms with Crippen molar-refractivity contribution in [3.63, 3.8) is 0 Å². The van der Waals surface area contributed by atoms with E-state index < -0.39 is 0 Å². The van der Waals surface area contributed by atoms with Crippen molar-refractivity contribution >= 4 is 5.78 Å². The average molecular weight is 271 g/mol. The number of nitrogens with zero attached hydrogens (tertiary/aromatic N) is 1. The summed E-state index contributed by atoms with van der Waals surface area (Å²) in [5.41, 5.74) is 2.81. The van der Waals surface area contributed by atoms with E-state index in [-0.39, 0.29) is 0 Å². The predicted octanol–water partition coefficient (Wildman–Crippen LogP) is 2.07. The quantitative estimate of drug-likeness (QED) is 0.724. The van der Waals surface area contributed by atoms with Gasteiger partial charge in [0.25, 0.3) is 0 Å². The van der Waals surface area contributed by atoms with Crippen LogP contribution in [0.25, 0.3) is 0 Å². The first-order chi connectivity index (χ1) is 9.79. The Bertz CT molecular complexity index is 612. The van der Waals surface area contributed by atoms with Gasteiger partial charge in [-0.2, -0.15) is 0 Å². The molecule has 0 spiro atoms. The van der Waals surface area contributed by atoms with Crippen LogP contribution in [0, 0.1) is 5.92 Å². The number of benzene rings is 1. The highest BCUT2D eigenvalue weighted by molar-refractivity contribution is 5.80. The predicted molar refractivity (Wildman–Crippen MR) is 71.9 cm³/mol. The molecule has 2 fully saturated rings. The van der Waals surface area contributed by atoms with Gasteiger partial charge in [-0.3, -0.25) is 9.69 Å². The Labute approximate surface area is 117 Å². The standard InChI is InChI=1S/C16H17NO3/c18-10-1-2-11-13-7-17(14(11)4-10)6-9-3-15-16(5-12(9)13)20-8-19-15/h3,5,11,13-14H,1-2,4,6-8H2/t11-,13+,14-/m0/s1. The van der Waals surface area contributed by atoms with E-state index >= 15 is 0 Å². The molecule has 104 valence electrons. The second-order valence-electron chi connectivity index (χ2n) is 6.45. The van der Waals surface area contributed by atoms with Gasteiger partial charge in [0.05, 0.1) is 0 Å². The van der Waals surface area contributed by atoms with Gasteiger partial charge in [-0.15, -0.1) is 0 Å². The van der Waals surface area contributed by atoms with Crippen LogP contribution in [-0.2, 0) is 11.3 Å². The molecule has 0 radical (unpaired) electrons. The molecule has 1 saturated carbocycles. The monoisotopic (exact) mass is 271 g/mol. The van der Waals surface area contributed by atoms with Crippen molar-refractivity contribution in [2.24, 2.45) is 5.92 Å². The molecule has 1 aliphatic carbocycles. The van der Waals surface area contributed by atoms with Gasteiger partial charge in [0.2, 0.25) is 6.79 Å². The first-order valence-corrected chi connectivity index (χ1v) is 7.48. The largest absolute Gasteiger partial charge is 0.454 e. The molecule has 4 heteroatoms. The molecule has 3 heterocycles. The molecular weight excluding hydrogens is 254 g/mol. The smallest absolute Gasteiger partial charge is 0.231 e. The number of carbonyl (C=O) groups excluding carboxylic acids is 1. The van der Waals surface area contributed by atoms with Gasteiger partial charge in [0, 0.05) is 37.9 Å². The molecule has 1 aromatic carbocycles. The van der Waals surface area contributed by atoms with E-state index in [4.69, 9.17) is 9.47 Å². The molecule has 5 rings (SSSR count). The van der Waals surface area contributed by atoms with Crippen LogP contribution in [0.15, 0.2) is 12.1 Å². The highest BCUT2D eigenvalue weighted by Crippen LogP contribution is 2.51. The molecule has 0 aromatic heterocycles. The topological polar surface area (TPSA) is 38.8 Å². The summed E-state index contributed by atoms with van der Waals surface area (Å²) in [6.07, 6.45) is 2.58. The molecule has 20 heavy (non-hydrogen) atoms. The summed E-state index contributed by atoms with van der Waals surface area (Å²) in [6, 6.07) is 4.80. The summed E-state index contributed by atoms with van der Waals surface area (Å²) in [7, 11) is 0. The van der Waals surface area contributed by atoms with Crippen molar-refractivity contribution in [3.05, 3.63) is 23.3 Å². The van der Waals surface area contributed by atoms with Crippen molar-refractivity contribution in [3.8, 4) is 11.5 Å². The van der Waals surface area contributed by atoms with Crippen LogP contribution in [0.4, 0.5) is 0 Å². The van der Waals surface area contributed by atoms with E-state index in [0.29, 0.717) is 30.5 Å². The summed E-state index contributed by atoms with van der Waals surface area (Å²) in [5.74, 6) is 3.44. The fraction of sp³-hybridized carbons (Fsp3) is 0.562. The van der Waals surface area contributed by atoms with Gasteiger partial charge in [-0.05, 0) is 35.6 Å². The average Bonchev–Trinajstić information content (AvgIpc) is 3.01. The number of ether oxygens (including phenoxy) is 2. The number of rotatable bonds is 0. The number of fused-ring (bicyclic) bond motifs is 8. The molecule has 0 N–H and O–H groups in total. The molecule has 3 aliphatic heterocycles. The van der Waals surface area contributed by atoms with Crippen LogP contribution in [0.2, 0.25) is 0 Å². The first-order valence-electron chi connectivity index (χ1n) is 7.48. The summed E-state index contributed by atoms with van der Waals surface area (Å²) in [6.45, 7) is 2.40. The summed E-state index contributed by atoms with van der Waals surface area (Å²) in [4.78, 5) is 14.3. The lowest BCUT2D eigenvalue weighted by Gasteiger charge is -2.30. The Hall–Kier alpha value is -1.55. The highest BCUT2D eigenvalue weighted by atomic mass is 16.7. The second kappa shape index (κ2) is 3.76. The fourth-order valence-electron chi connectivity index (χ4n) is 4.61. The third-order valence-corrected chi connectivity index (χ3v) is 5.51. The van der Waals surface area contributed by atoms with Gasteiger partial charge in [0.15, 0.2) is 11.5 Å². The van der Waals surface area contributed by atoms with E-state index in [1.165, 1.54) is 11.1 Å². The van der Waals surface area contributed by atoms with Crippen molar-refractivity contribution in [1.29, 1.82) is 0 Å². The minimum absolute atomic E-state index is 0.340. The summed E-state index contributed by atoms with van der Waals surface area (Å²) >= 11 is 0. The highest BCUT2D eigenvalue weighted by Gasteiger charge is 2.48. The maximum atomic E-state index is 11.8. The van der Waals surface area contributed by atoms with Crippen molar-refractivity contribution < 1.29 is 14.3 Å². The maximum absolute atomic E-state index is 11.8. The Balaban J connectivity index is 1.59. The van der Waals surface area contributed by atoms with E-state index in [1.807, 2.05) is 0 Å². The van der Waals surface area contributed by atoms with E-state index in [1.54, 1.807) is 0 Å². The molecule has 0 amide bonds. The number of carbonyl (C=O) groups is 1. The first kappa shape index (κ1) is 11.1. The zero-order chi connectivity index (χ0) is 13.3. The number of hydrogen-bond donors (Lipinski definition) is 0. The minimum Gasteiger partial charge on any atom is -0.454 e. The van der Waals surface area contributed by atoms with Gasteiger partial charge < -0.3 is 9.47 Å². The summed E-state index contributed by atoms with van der Waals surface area (Å²) in [5, 5.41) is 0. The molecule has 4 nitrogen and oxygen atoms in total. The molecular formula is C16H17NO3. The molecule has 4 atom stereocenters. The molecule has 1 saturated heterocycles. The van der Waals surface area contributed by atoms with Crippen LogP contribution in [0.1, 0.15) is 36.3 Å². The Morgan fingerprint density at radius 2 is 2.05 bits per heavy atom. The van der Waals surface area contributed by atoms with Crippen LogP contribution in [-0.4, -0.2) is 30.1 Å². The second-order valence-corrected chi connectivity index (χ2v) is 6.45. The minimum atomic E-state index is 0.340. The zero-order valence-corrected chi connectivity index (χ0v) is 11.3. The third kappa shape index (κ3) is 1.37. The summed E-state index contributed by atoms with van der Waals surface area (Å²) < 4.78 is 11.0. The normalized spacial score (nSPS) is 36.7. The van der Waals surface area contributed by atoms with Crippen LogP contribution in [0.5, 0.6) is 11.5 Å². The van der Waals surface area contributed by atoms with E-state index in [0.717, 1.165) is 43.9 Å². The molecule has 1 aromatic rings. The molecule has 1 unspecified atom stereocenters. The number of hydrogen-bond acceptors (Lipinski definition) is 4. The zero-order valence-electron chi connectivity index (χ0n) is 11.3. The maximum Gasteiger partial charge on any atom is 0.231 e. The lowest BCUT2D eigenvalue weighted by Crippen LogP contribution is -2.36. The van der Waals surface area contributed by atoms with Crippen LogP contribution in [0.3, 0.4) is 0 Å². The number of ketones is 1. The lowest BCUT2D eigenvalue weighted by atomic mass is 9.76. The number of Topliss-reactive ketones (excluding diaryl/α,β-unsaturated/α-hetero) is 1. The van der Waals surface area contributed by atoms with Crippen LogP contribution < -0.4 is 9.47 Å². The van der Waals surface area contributed by atoms with Gasteiger partial charge in [-0.25, -0.2) is 0 Å². The van der Waals surface area contributed by atoms with E-state index in [2.05, 4.69) is 17.0 Å².